The first-order chi connectivity index (χ1) is 10.8. The average molecular weight is 295 g/mol. The maximum atomic E-state index is 12.7. The molecule has 0 radical (unpaired) electrons. The van der Waals surface area contributed by atoms with Crippen LogP contribution in [-0.2, 0) is 13.0 Å². The summed E-state index contributed by atoms with van der Waals surface area (Å²) < 4.78 is 11.2. The molecule has 0 saturated carbocycles. The van der Waals surface area contributed by atoms with Gasteiger partial charge in [0, 0.05) is 11.3 Å². The highest BCUT2D eigenvalue weighted by Crippen LogP contribution is 2.38. The molecule has 4 heteroatoms. The number of hydrogen-bond acceptors (Lipinski definition) is 3. The normalized spacial score (nSPS) is 15.9. The summed E-state index contributed by atoms with van der Waals surface area (Å²) in [5.41, 5.74) is 3.90. The third kappa shape index (κ3) is 2.03. The van der Waals surface area contributed by atoms with Crippen molar-refractivity contribution in [1.82, 2.24) is 0 Å². The van der Waals surface area contributed by atoms with Crippen LogP contribution in [0.3, 0.4) is 0 Å². The van der Waals surface area contributed by atoms with Gasteiger partial charge >= 0.3 is 0 Å². The number of aryl methyl sites for hydroxylation is 1. The molecule has 0 bridgehead atoms. The second-order valence-corrected chi connectivity index (χ2v) is 5.56. The van der Waals surface area contributed by atoms with E-state index >= 15 is 0 Å². The van der Waals surface area contributed by atoms with E-state index in [0.29, 0.717) is 31.1 Å². The molecule has 0 saturated heterocycles. The monoisotopic (exact) mass is 295 g/mol. The summed E-state index contributed by atoms with van der Waals surface area (Å²) in [5, 5.41) is 0. The molecule has 1 amide bonds. The summed E-state index contributed by atoms with van der Waals surface area (Å²) >= 11 is 0. The van der Waals surface area contributed by atoms with Crippen LogP contribution >= 0.6 is 0 Å². The molecule has 0 spiro atoms. The summed E-state index contributed by atoms with van der Waals surface area (Å²) in [5.74, 6) is 1.43. The first-order valence-corrected chi connectivity index (χ1v) is 7.59. The number of hydrogen-bond donors (Lipinski definition) is 0. The molecular weight excluding hydrogens is 278 g/mol. The minimum Gasteiger partial charge on any atom is -0.486 e. The zero-order valence-electron chi connectivity index (χ0n) is 12.5. The summed E-state index contributed by atoms with van der Waals surface area (Å²) in [6, 6.07) is 11.9. The predicted octanol–water partition coefficient (Wildman–Crippen LogP) is 3.18. The standard InChI is InChI=1S/C18H17NO3/c1-2-12-3-5-14(6-4-12)19-11-13-9-16-17(22-8-7-21-16)10-15(13)18(19)20/h3-6,9-10H,2,7-8,11H2,1H3. The molecule has 2 aliphatic rings. The Morgan fingerprint density at radius 3 is 2.41 bits per heavy atom. The highest BCUT2D eigenvalue weighted by molar-refractivity contribution is 6.10. The molecule has 2 heterocycles. The fourth-order valence-corrected chi connectivity index (χ4v) is 2.97. The lowest BCUT2D eigenvalue weighted by atomic mass is 10.1. The van der Waals surface area contributed by atoms with Crippen LogP contribution in [0, 0.1) is 0 Å². The lowest BCUT2D eigenvalue weighted by Crippen LogP contribution is -2.22. The van der Waals surface area contributed by atoms with Crippen LogP contribution < -0.4 is 14.4 Å². The van der Waals surface area contributed by atoms with E-state index in [0.717, 1.165) is 23.4 Å². The van der Waals surface area contributed by atoms with Gasteiger partial charge in [-0.25, -0.2) is 0 Å². The topological polar surface area (TPSA) is 38.8 Å². The minimum atomic E-state index is 0.0243. The highest BCUT2D eigenvalue weighted by Gasteiger charge is 2.31. The van der Waals surface area contributed by atoms with E-state index in [2.05, 4.69) is 19.1 Å². The van der Waals surface area contributed by atoms with Gasteiger partial charge in [0.15, 0.2) is 11.5 Å². The van der Waals surface area contributed by atoms with Gasteiger partial charge in [0.05, 0.1) is 6.54 Å². The van der Waals surface area contributed by atoms with E-state index in [4.69, 9.17) is 9.47 Å². The number of amides is 1. The molecule has 0 aliphatic carbocycles. The maximum Gasteiger partial charge on any atom is 0.259 e. The van der Waals surface area contributed by atoms with Crippen LogP contribution in [0.25, 0.3) is 0 Å². The Morgan fingerprint density at radius 2 is 1.73 bits per heavy atom. The van der Waals surface area contributed by atoms with Crippen molar-refractivity contribution in [3.8, 4) is 11.5 Å². The van der Waals surface area contributed by atoms with E-state index in [1.54, 1.807) is 4.90 Å². The van der Waals surface area contributed by atoms with Crippen LogP contribution in [0.4, 0.5) is 5.69 Å². The second kappa shape index (κ2) is 5.05. The number of benzene rings is 2. The average Bonchev–Trinajstić information content (AvgIpc) is 2.89. The van der Waals surface area contributed by atoms with Crippen LogP contribution in [-0.4, -0.2) is 19.1 Å². The van der Waals surface area contributed by atoms with Gasteiger partial charge in [0.2, 0.25) is 0 Å². The second-order valence-electron chi connectivity index (χ2n) is 5.56. The largest absolute Gasteiger partial charge is 0.486 e. The van der Waals surface area contributed by atoms with Gasteiger partial charge in [-0.1, -0.05) is 19.1 Å². The van der Waals surface area contributed by atoms with Crippen molar-refractivity contribution < 1.29 is 14.3 Å². The Bertz CT molecular complexity index is 737. The SMILES string of the molecule is CCc1ccc(N2Cc3cc4c(cc3C2=O)OCCO4)cc1. The van der Waals surface area contributed by atoms with Gasteiger partial charge in [0.1, 0.15) is 13.2 Å². The predicted molar refractivity (Wildman–Crippen MR) is 83.8 cm³/mol. The van der Waals surface area contributed by atoms with E-state index in [9.17, 15) is 4.79 Å². The molecule has 0 atom stereocenters. The number of carbonyl (C=O) groups is 1. The molecule has 2 aromatic rings. The summed E-state index contributed by atoms with van der Waals surface area (Å²) in [6.07, 6.45) is 0.996. The fraction of sp³-hybridized carbons (Fsp3) is 0.278. The number of nitrogens with zero attached hydrogens (tertiary/aromatic N) is 1. The lowest BCUT2D eigenvalue weighted by molar-refractivity contribution is 0.0996. The van der Waals surface area contributed by atoms with Crippen molar-refractivity contribution in [2.45, 2.75) is 19.9 Å². The molecule has 0 aromatic heterocycles. The molecule has 0 unspecified atom stereocenters. The van der Waals surface area contributed by atoms with Crippen LogP contribution in [0.15, 0.2) is 36.4 Å². The van der Waals surface area contributed by atoms with Gasteiger partial charge in [0.25, 0.3) is 5.91 Å². The number of carbonyl (C=O) groups excluding carboxylic acids is 1. The Balaban J connectivity index is 1.68. The Labute approximate surface area is 129 Å². The maximum absolute atomic E-state index is 12.7. The molecule has 0 fully saturated rings. The molecule has 0 N–H and O–H groups in total. The first kappa shape index (κ1) is 13.2. The number of anilines is 1. The Hall–Kier alpha value is -2.49. The zero-order valence-corrected chi connectivity index (χ0v) is 12.5. The molecule has 22 heavy (non-hydrogen) atoms. The molecule has 2 aliphatic heterocycles. The van der Waals surface area contributed by atoms with Gasteiger partial charge in [-0.15, -0.1) is 0 Å². The van der Waals surface area contributed by atoms with Crippen LogP contribution in [0.5, 0.6) is 11.5 Å². The van der Waals surface area contributed by atoms with Crippen molar-refractivity contribution in [2.24, 2.45) is 0 Å². The molecule has 2 aromatic carbocycles. The third-order valence-corrected chi connectivity index (χ3v) is 4.23. The minimum absolute atomic E-state index is 0.0243. The van der Waals surface area contributed by atoms with Gasteiger partial charge in [-0.05, 0) is 41.8 Å². The van der Waals surface area contributed by atoms with Gasteiger partial charge in [-0.3, -0.25) is 4.79 Å². The zero-order chi connectivity index (χ0) is 15.1. The molecule has 112 valence electrons. The molecule has 4 rings (SSSR count). The highest BCUT2D eigenvalue weighted by atomic mass is 16.6. The van der Waals surface area contributed by atoms with Crippen molar-refractivity contribution in [2.75, 3.05) is 18.1 Å². The van der Waals surface area contributed by atoms with Crippen molar-refractivity contribution in [1.29, 1.82) is 0 Å². The van der Waals surface area contributed by atoms with Gasteiger partial charge in [-0.2, -0.15) is 0 Å². The number of rotatable bonds is 2. The van der Waals surface area contributed by atoms with Crippen LogP contribution in [0.1, 0.15) is 28.4 Å². The van der Waals surface area contributed by atoms with Gasteiger partial charge < -0.3 is 14.4 Å². The molecule has 4 nitrogen and oxygen atoms in total. The van der Waals surface area contributed by atoms with E-state index < -0.39 is 0 Å². The number of fused-ring (bicyclic) bond motifs is 2. The Morgan fingerprint density at radius 1 is 1.05 bits per heavy atom. The first-order valence-electron chi connectivity index (χ1n) is 7.59. The molecular formula is C18H17NO3. The summed E-state index contributed by atoms with van der Waals surface area (Å²) in [7, 11) is 0. The van der Waals surface area contributed by atoms with Crippen molar-refractivity contribution in [3.05, 3.63) is 53.1 Å². The smallest absolute Gasteiger partial charge is 0.259 e. The Kier molecular flexibility index (Phi) is 3.03. The fourth-order valence-electron chi connectivity index (χ4n) is 2.97. The quantitative estimate of drug-likeness (QED) is 0.854. The van der Waals surface area contributed by atoms with Crippen LogP contribution in [0.2, 0.25) is 0 Å². The van der Waals surface area contributed by atoms with E-state index in [1.165, 1.54) is 5.56 Å². The summed E-state index contributed by atoms with van der Waals surface area (Å²) in [4.78, 5) is 14.5. The summed E-state index contributed by atoms with van der Waals surface area (Å²) in [6.45, 7) is 3.79. The third-order valence-electron chi connectivity index (χ3n) is 4.23. The van der Waals surface area contributed by atoms with Crippen molar-refractivity contribution in [3.63, 3.8) is 0 Å². The van der Waals surface area contributed by atoms with E-state index in [-0.39, 0.29) is 5.91 Å². The van der Waals surface area contributed by atoms with Crippen molar-refractivity contribution >= 4 is 11.6 Å². The lowest BCUT2D eigenvalue weighted by Gasteiger charge is -2.18. The van der Waals surface area contributed by atoms with E-state index in [1.807, 2.05) is 24.3 Å². The number of ether oxygens (including phenoxy) is 2.